The summed E-state index contributed by atoms with van der Waals surface area (Å²) in [5.41, 5.74) is 1.34. The van der Waals surface area contributed by atoms with Gasteiger partial charge in [0.1, 0.15) is 12.7 Å². The lowest BCUT2D eigenvalue weighted by Gasteiger charge is -2.18. The lowest BCUT2D eigenvalue weighted by molar-refractivity contribution is -0.139. The maximum absolute atomic E-state index is 11.7. The summed E-state index contributed by atoms with van der Waals surface area (Å²) >= 11 is 0. The number of alkyl carbamates (subject to hydrolysis) is 1. The molecule has 106 valence electrons. The van der Waals surface area contributed by atoms with Crippen molar-refractivity contribution in [2.45, 2.75) is 32.1 Å². The molecule has 1 heterocycles. The summed E-state index contributed by atoms with van der Waals surface area (Å²) in [6.07, 6.45) is -0.479. The first-order chi connectivity index (χ1) is 9.56. The minimum Gasteiger partial charge on any atom is -0.456 e. The Hall–Kier alpha value is -2.30. The summed E-state index contributed by atoms with van der Waals surface area (Å²) in [5.74, 6) is -0.402. The van der Waals surface area contributed by atoms with Gasteiger partial charge in [0, 0.05) is 12.0 Å². The van der Waals surface area contributed by atoms with E-state index in [9.17, 15) is 9.59 Å². The van der Waals surface area contributed by atoms with Crippen molar-refractivity contribution < 1.29 is 19.1 Å². The van der Waals surface area contributed by atoms with Crippen molar-refractivity contribution in [2.75, 3.05) is 0 Å². The summed E-state index contributed by atoms with van der Waals surface area (Å²) in [6, 6.07) is 9.08. The molecule has 0 spiro atoms. The number of esters is 1. The Morgan fingerprint density at radius 2 is 2.20 bits per heavy atom. The molecule has 5 nitrogen and oxygen atoms in total. The van der Waals surface area contributed by atoms with Crippen LogP contribution in [0.4, 0.5) is 4.79 Å². The fourth-order valence-corrected chi connectivity index (χ4v) is 1.91. The average Bonchev–Trinajstić information content (AvgIpc) is 2.78. The maximum Gasteiger partial charge on any atom is 0.407 e. The molecular formula is C15H17NO4. The fraction of sp³-hybridized carbons (Fsp3) is 0.333. The Bertz CT molecular complexity index is 496. The predicted molar refractivity (Wildman–Crippen MR) is 72.9 cm³/mol. The van der Waals surface area contributed by atoms with Crippen LogP contribution in [0.15, 0.2) is 42.5 Å². The lowest BCUT2D eigenvalue weighted by atomic mass is 10.1. The van der Waals surface area contributed by atoms with E-state index in [2.05, 4.69) is 11.9 Å². The van der Waals surface area contributed by atoms with Gasteiger partial charge in [-0.15, -0.1) is 0 Å². The van der Waals surface area contributed by atoms with Gasteiger partial charge in [0.05, 0.1) is 6.04 Å². The first-order valence-electron chi connectivity index (χ1n) is 6.42. The van der Waals surface area contributed by atoms with Gasteiger partial charge < -0.3 is 14.8 Å². The Morgan fingerprint density at radius 3 is 2.80 bits per heavy atom. The third kappa shape index (κ3) is 3.60. The summed E-state index contributed by atoms with van der Waals surface area (Å²) in [6.45, 7) is 5.57. The lowest BCUT2D eigenvalue weighted by Crippen LogP contribution is -2.41. The van der Waals surface area contributed by atoms with Crippen LogP contribution in [0.5, 0.6) is 0 Å². The molecule has 0 aliphatic carbocycles. The van der Waals surface area contributed by atoms with Gasteiger partial charge in [0.25, 0.3) is 0 Å². The number of benzene rings is 1. The molecule has 5 heteroatoms. The summed E-state index contributed by atoms with van der Waals surface area (Å²) in [4.78, 5) is 22.9. The van der Waals surface area contributed by atoms with Crippen LogP contribution in [0.25, 0.3) is 0 Å². The van der Waals surface area contributed by atoms with E-state index in [1.165, 1.54) is 0 Å². The molecule has 2 atom stereocenters. The molecule has 0 saturated carbocycles. The van der Waals surface area contributed by atoms with Crippen molar-refractivity contribution in [1.29, 1.82) is 0 Å². The van der Waals surface area contributed by atoms with Crippen molar-refractivity contribution in [2.24, 2.45) is 0 Å². The van der Waals surface area contributed by atoms with Crippen molar-refractivity contribution in [1.82, 2.24) is 5.32 Å². The quantitative estimate of drug-likeness (QED) is 0.675. The van der Waals surface area contributed by atoms with Crippen molar-refractivity contribution in [3.05, 3.63) is 48.0 Å². The number of rotatable bonds is 4. The monoisotopic (exact) mass is 275 g/mol. The average molecular weight is 275 g/mol. The summed E-state index contributed by atoms with van der Waals surface area (Å²) in [7, 11) is 0. The van der Waals surface area contributed by atoms with Crippen LogP contribution >= 0.6 is 0 Å². The van der Waals surface area contributed by atoms with Crippen LogP contribution < -0.4 is 5.32 Å². The molecule has 1 saturated heterocycles. The largest absolute Gasteiger partial charge is 0.456 e. The third-order valence-corrected chi connectivity index (χ3v) is 3.11. The number of amides is 1. The minimum absolute atomic E-state index is 0.205. The molecule has 1 fully saturated rings. The Morgan fingerprint density at radius 1 is 1.50 bits per heavy atom. The molecular weight excluding hydrogens is 258 g/mol. The number of nitrogens with one attached hydrogen (secondary N) is 1. The molecule has 20 heavy (non-hydrogen) atoms. The third-order valence-electron chi connectivity index (χ3n) is 3.11. The molecule has 0 aromatic heterocycles. The second-order valence-electron chi connectivity index (χ2n) is 4.75. The highest BCUT2D eigenvalue weighted by Crippen LogP contribution is 2.21. The Labute approximate surface area is 117 Å². The molecule has 1 aromatic carbocycles. The number of cyclic esters (lactones) is 1. The molecule has 1 aliphatic heterocycles. The van der Waals surface area contributed by atoms with Crippen LogP contribution in [0.1, 0.15) is 18.9 Å². The molecule has 0 unspecified atom stereocenters. The van der Waals surface area contributed by atoms with Gasteiger partial charge in [-0.2, -0.15) is 0 Å². The van der Waals surface area contributed by atoms with Crippen LogP contribution in [0, 0.1) is 0 Å². The summed E-state index contributed by atoms with van der Waals surface area (Å²) < 4.78 is 10.2. The normalized spacial score (nSPS) is 19.4. The highest BCUT2D eigenvalue weighted by molar-refractivity contribution is 5.90. The van der Waals surface area contributed by atoms with Crippen molar-refractivity contribution >= 4 is 12.1 Å². The van der Waals surface area contributed by atoms with E-state index in [0.717, 1.165) is 5.56 Å². The summed E-state index contributed by atoms with van der Waals surface area (Å²) in [5, 5.41) is 2.65. The molecule has 1 aromatic rings. The molecule has 1 N–H and O–H groups in total. The van der Waals surface area contributed by atoms with Crippen LogP contribution in [-0.2, 0) is 20.9 Å². The number of hydrogen-bond donors (Lipinski definition) is 1. The molecule has 0 bridgehead atoms. The topological polar surface area (TPSA) is 64.6 Å². The van der Waals surface area contributed by atoms with E-state index in [1.54, 1.807) is 6.92 Å². The number of carbonyl (C=O) groups is 2. The van der Waals surface area contributed by atoms with E-state index in [-0.39, 0.29) is 18.8 Å². The smallest absolute Gasteiger partial charge is 0.407 e. The van der Waals surface area contributed by atoms with Gasteiger partial charge in [-0.25, -0.2) is 9.59 Å². The van der Waals surface area contributed by atoms with Gasteiger partial charge in [-0.3, -0.25) is 0 Å². The van der Waals surface area contributed by atoms with E-state index in [0.29, 0.717) is 12.0 Å². The van der Waals surface area contributed by atoms with Crippen LogP contribution in [0.2, 0.25) is 0 Å². The van der Waals surface area contributed by atoms with E-state index in [1.807, 2.05) is 30.3 Å². The first kappa shape index (κ1) is 14.1. The predicted octanol–water partition coefficient (Wildman–Crippen LogP) is 2.17. The fourth-order valence-electron chi connectivity index (χ4n) is 1.91. The zero-order chi connectivity index (χ0) is 14.5. The van der Waals surface area contributed by atoms with Gasteiger partial charge in [-0.1, -0.05) is 36.9 Å². The van der Waals surface area contributed by atoms with Crippen LogP contribution in [-0.4, -0.2) is 24.2 Å². The Kier molecular flexibility index (Phi) is 4.40. The van der Waals surface area contributed by atoms with Crippen molar-refractivity contribution in [3.63, 3.8) is 0 Å². The highest BCUT2D eigenvalue weighted by Gasteiger charge is 2.32. The van der Waals surface area contributed by atoms with E-state index < -0.39 is 12.1 Å². The second-order valence-corrected chi connectivity index (χ2v) is 4.75. The van der Waals surface area contributed by atoms with Crippen LogP contribution in [0.3, 0.4) is 0 Å². The number of hydrogen-bond acceptors (Lipinski definition) is 4. The SMILES string of the molecule is C=C1C[C@@H]([C@H](C)NC(=O)OCc2ccccc2)OC1=O. The van der Waals surface area contributed by atoms with Gasteiger partial charge >= 0.3 is 12.1 Å². The van der Waals surface area contributed by atoms with Gasteiger partial charge in [-0.05, 0) is 12.5 Å². The van der Waals surface area contributed by atoms with Gasteiger partial charge in [0.15, 0.2) is 0 Å². The molecule has 2 rings (SSSR count). The Balaban J connectivity index is 1.77. The minimum atomic E-state index is -0.532. The zero-order valence-corrected chi connectivity index (χ0v) is 11.3. The molecule has 1 amide bonds. The molecule has 1 aliphatic rings. The second kappa shape index (κ2) is 6.23. The van der Waals surface area contributed by atoms with Gasteiger partial charge in [0.2, 0.25) is 0 Å². The number of carbonyl (C=O) groups excluding carboxylic acids is 2. The molecule has 0 radical (unpaired) electrons. The zero-order valence-electron chi connectivity index (χ0n) is 11.3. The highest BCUT2D eigenvalue weighted by atomic mass is 16.6. The standard InChI is InChI=1S/C15H17NO4/c1-10-8-13(20-14(10)17)11(2)16-15(18)19-9-12-6-4-3-5-7-12/h3-7,11,13H,1,8-9H2,2H3,(H,16,18)/t11-,13-/m0/s1. The number of ether oxygens (including phenoxy) is 2. The van der Waals surface area contributed by atoms with Crippen molar-refractivity contribution in [3.8, 4) is 0 Å². The first-order valence-corrected chi connectivity index (χ1v) is 6.42. The van der Waals surface area contributed by atoms with E-state index in [4.69, 9.17) is 9.47 Å². The maximum atomic E-state index is 11.7. The van der Waals surface area contributed by atoms with E-state index >= 15 is 0 Å².